The van der Waals surface area contributed by atoms with Crippen LogP contribution in [0.4, 0.5) is 5.69 Å². The fourth-order valence-corrected chi connectivity index (χ4v) is 3.40. The first kappa shape index (κ1) is 20.6. The van der Waals surface area contributed by atoms with Crippen molar-refractivity contribution in [2.75, 3.05) is 11.6 Å². The van der Waals surface area contributed by atoms with Crippen LogP contribution < -0.4 is 10.1 Å². The first-order valence-corrected chi connectivity index (χ1v) is 10.8. The van der Waals surface area contributed by atoms with E-state index < -0.39 is 9.84 Å². The second-order valence-corrected chi connectivity index (χ2v) is 8.84. The number of carbonyl (C=O) groups is 1. The molecule has 1 amide bonds. The molecule has 7 nitrogen and oxygen atoms in total. The molecule has 0 bridgehead atoms. The highest BCUT2D eigenvalue weighted by atomic mass is 32.2. The van der Waals surface area contributed by atoms with E-state index in [9.17, 15) is 13.2 Å². The van der Waals surface area contributed by atoms with E-state index in [1.165, 1.54) is 12.1 Å². The molecular weight excluding hydrogens is 392 g/mol. The van der Waals surface area contributed by atoms with Gasteiger partial charge in [0, 0.05) is 17.5 Å². The molecular formula is C21H22N2O5S. The van der Waals surface area contributed by atoms with Crippen LogP contribution in [-0.2, 0) is 16.4 Å². The minimum absolute atomic E-state index is 0.148. The van der Waals surface area contributed by atoms with Crippen molar-refractivity contribution in [3.8, 4) is 5.75 Å². The van der Waals surface area contributed by atoms with Gasteiger partial charge in [-0.15, -0.1) is 0 Å². The van der Waals surface area contributed by atoms with Gasteiger partial charge in [-0.2, -0.15) is 0 Å². The number of aromatic nitrogens is 1. The lowest BCUT2D eigenvalue weighted by Gasteiger charge is -2.11. The van der Waals surface area contributed by atoms with Crippen LogP contribution in [0.5, 0.6) is 5.75 Å². The zero-order valence-electron chi connectivity index (χ0n) is 16.6. The highest BCUT2D eigenvalue weighted by molar-refractivity contribution is 7.90. The Kier molecular flexibility index (Phi) is 5.74. The summed E-state index contributed by atoms with van der Waals surface area (Å²) in [7, 11) is -3.37. The number of hydrogen-bond acceptors (Lipinski definition) is 6. The summed E-state index contributed by atoms with van der Waals surface area (Å²) in [5.41, 5.74) is 3.23. The second kappa shape index (κ2) is 8.08. The van der Waals surface area contributed by atoms with Gasteiger partial charge in [-0.25, -0.2) is 8.42 Å². The van der Waals surface area contributed by atoms with Crippen LogP contribution >= 0.6 is 0 Å². The van der Waals surface area contributed by atoms with Gasteiger partial charge in [0.05, 0.1) is 16.2 Å². The molecule has 2 aromatic carbocycles. The van der Waals surface area contributed by atoms with Crippen molar-refractivity contribution in [2.45, 2.75) is 32.3 Å². The largest absolute Gasteiger partial charge is 0.489 e. The lowest BCUT2D eigenvalue weighted by molar-refractivity contribution is 0.102. The summed E-state index contributed by atoms with van der Waals surface area (Å²) in [6.45, 7) is 5.73. The number of benzene rings is 2. The van der Waals surface area contributed by atoms with Crippen LogP contribution in [0.2, 0.25) is 0 Å². The number of amides is 1. The van der Waals surface area contributed by atoms with Gasteiger partial charge in [0.1, 0.15) is 18.1 Å². The third-order valence-electron chi connectivity index (χ3n) is 4.55. The smallest absolute Gasteiger partial charge is 0.255 e. The Bertz CT molecular complexity index is 1150. The molecule has 8 heteroatoms. The summed E-state index contributed by atoms with van der Waals surface area (Å²) in [6, 6.07) is 11.4. The summed E-state index contributed by atoms with van der Waals surface area (Å²) in [5.74, 6) is 0.860. The Labute approximate surface area is 169 Å². The summed E-state index contributed by atoms with van der Waals surface area (Å²) < 4.78 is 34.4. The second-order valence-electron chi connectivity index (χ2n) is 6.82. The van der Waals surface area contributed by atoms with E-state index in [2.05, 4.69) is 10.5 Å². The molecule has 29 heavy (non-hydrogen) atoms. The molecule has 0 aliphatic rings. The molecule has 0 aliphatic carbocycles. The van der Waals surface area contributed by atoms with E-state index in [0.717, 1.165) is 23.1 Å². The molecule has 0 radical (unpaired) electrons. The number of ether oxygens (including phenoxy) is 1. The average Bonchev–Trinajstić information content (AvgIpc) is 2.99. The third kappa shape index (κ3) is 4.83. The van der Waals surface area contributed by atoms with E-state index in [-0.39, 0.29) is 17.4 Å². The maximum atomic E-state index is 12.7. The molecule has 0 atom stereocenters. The number of nitrogens with zero attached hydrogens (tertiary/aromatic N) is 1. The van der Waals surface area contributed by atoms with E-state index in [4.69, 9.17) is 9.26 Å². The Morgan fingerprint density at radius 3 is 2.55 bits per heavy atom. The fourth-order valence-electron chi connectivity index (χ4n) is 2.75. The predicted octanol–water partition coefficient (Wildman–Crippen LogP) is 3.83. The minimum atomic E-state index is -3.37. The zero-order chi connectivity index (χ0) is 21.2. The minimum Gasteiger partial charge on any atom is -0.489 e. The quantitative estimate of drug-likeness (QED) is 0.658. The van der Waals surface area contributed by atoms with Crippen LogP contribution in [0.15, 0.2) is 51.9 Å². The van der Waals surface area contributed by atoms with E-state index >= 15 is 0 Å². The van der Waals surface area contributed by atoms with Crippen LogP contribution in [-0.4, -0.2) is 25.7 Å². The molecule has 0 saturated carbocycles. The number of hydrogen-bond donors (Lipinski definition) is 1. The van der Waals surface area contributed by atoms with Crippen LogP contribution in [0.3, 0.4) is 0 Å². The standard InChI is InChI=1S/C21H22N2O5S/c1-13-8-9-18(29(4,25)26)11-20(13)22-21(24)16-6-5-7-17(10-16)27-12-19-14(2)23-28-15(19)3/h5-11H,12H2,1-4H3,(H,22,24). The molecule has 0 aliphatic heterocycles. The summed E-state index contributed by atoms with van der Waals surface area (Å²) in [5, 5.41) is 6.66. The van der Waals surface area contributed by atoms with E-state index in [0.29, 0.717) is 22.8 Å². The maximum absolute atomic E-state index is 12.7. The van der Waals surface area contributed by atoms with Crippen molar-refractivity contribution in [2.24, 2.45) is 0 Å². The number of anilines is 1. The monoisotopic (exact) mass is 414 g/mol. The first-order chi connectivity index (χ1) is 13.6. The van der Waals surface area contributed by atoms with Crippen molar-refractivity contribution in [1.82, 2.24) is 5.16 Å². The molecule has 0 spiro atoms. The molecule has 3 rings (SSSR count). The van der Waals surface area contributed by atoms with Gasteiger partial charge in [-0.1, -0.05) is 17.3 Å². The number of aryl methyl sites for hydroxylation is 3. The van der Waals surface area contributed by atoms with Gasteiger partial charge in [0.25, 0.3) is 5.91 Å². The SMILES string of the molecule is Cc1ccc(S(C)(=O)=O)cc1NC(=O)c1cccc(OCc2c(C)noc2C)c1. The van der Waals surface area contributed by atoms with Gasteiger partial charge in [-0.3, -0.25) is 4.79 Å². The molecule has 0 saturated heterocycles. The van der Waals surface area contributed by atoms with Crippen molar-refractivity contribution >= 4 is 21.4 Å². The first-order valence-electron chi connectivity index (χ1n) is 8.92. The molecule has 1 N–H and O–H groups in total. The Morgan fingerprint density at radius 1 is 1.14 bits per heavy atom. The number of nitrogens with one attached hydrogen (secondary N) is 1. The van der Waals surface area contributed by atoms with E-state index in [1.807, 2.05) is 13.8 Å². The van der Waals surface area contributed by atoms with Crippen LogP contribution in [0.1, 0.15) is 32.9 Å². The molecule has 3 aromatic rings. The fraction of sp³-hybridized carbons (Fsp3) is 0.238. The van der Waals surface area contributed by atoms with Gasteiger partial charge in [-0.05, 0) is 56.7 Å². The van der Waals surface area contributed by atoms with Crippen molar-refractivity contribution in [3.63, 3.8) is 0 Å². The van der Waals surface area contributed by atoms with Crippen LogP contribution in [0, 0.1) is 20.8 Å². The number of rotatable bonds is 6. The molecule has 152 valence electrons. The van der Waals surface area contributed by atoms with E-state index in [1.54, 1.807) is 37.3 Å². The van der Waals surface area contributed by atoms with Gasteiger partial charge >= 0.3 is 0 Å². The number of carbonyl (C=O) groups excluding carboxylic acids is 1. The van der Waals surface area contributed by atoms with Gasteiger partial charge in [0.2, 0.25) is 0 Å². The van der Waals surface area contributed by atoms with Crippen molar-refractivity contribution < 1.29 is 22.5 Å². The lowest BCUT2D eigenvalue weighted by Crippen LogP contribution is -2.13. The summed E-state index contributed by atoms with van der Waals surface area (Å²) in [4.78, 5) is 12.8. The van der Waals surface area contributed by atoms with Crippen molar-refractivity contribution in [1.29, 1.82) is 0 Å². The summed E-state index contributed by atoms with van der Waals surface area (Å²) in [6.07, 6.45) is 1.13. The zero-order valence-corrected chi connectivity index (χ0v) is 17.5. The van der Waals surface area contributed by atoms with Gasteiger partial charge in [0.15, 0.2) is 9.84 Å². The molecule has 1 aromatic heterocycles. The maximum Gasteiger partial charge on any atom is 0.255 e. The predicted molar refractivity (Wildman–Crippen MR) is 109 cm³/mol. The Morgan fingerprint density at radius 2 is 1.90 bits per heavy atom. The topological polar surface area (TPSA) is 98.5 Å². The van der Waals surface area contributed by atoms with Crippen molar-refractivity contribution in [3.05, 3.63) is 70.6 Å². The molecule has 1 heterocycles. The highest BCUT2D eigenvalue weighted by Gasteiger charge is 2.14. The van der Waals surface area contributed by atoms with Crippen LogP contribution in [0.25, 0.3) is 0 Å². The Balaban J connectivity index is 1.76. The Hall–Kier alpha value is -3.13. The normalized spacial score (nSPS) is 11.3. The summed E-state index contributed by atoms with van der Waals surface area (Å²) >= 11 is 0. The molecule has 0 unspecified atom stereocenters. The highest BCUT2D eigenvalue weighted by Crippen LogP contribution is 2.22. The lowest BCUT2D eigenvalue weighted by atomic mass is 10.1. The molecule has 0 fully saturated rings. The van der Waals surface area contributed by atoms with Gasteiger partial charge < -0.3 is 14.6 Å². The number of sulfone groups is 1. The average molecular weight is 414 g/mol. The third-order valence-corrected chi connectivity index (χ3v) is 5.66.